The molecule has 2 rings (SSSR count). The maximum Gasteiger partial charge on any atom is 0.335 e. The highest BCUT2D eigenvalue weighted by molar-refractivity contribution is 5.98. The Morgan fingerprint density at radius 3 is 2.76 bits per heavy atom. The quantitative estimate of drug-likeness (QED) is 0.842. The SMILES string of the molecule is CC(C)N1CCC(NC(=O)c2cc(C(=O)O)ccn2)C1=O. The van der Waals surface area contributed by atoms with Crippen LogP contribution in [-0.2, 0) is 4.79 Å². The predicted molar refractivity (Wildman–Crippen MR) is 73.9 cm³/mol. The van der Waals surface area contributed by atoms with Gasteiger partial charge in [-0.1, -0.05) is 0 Å². The number of aromatic nitrogens is 1. The number of carbonyl (C=O) groups is 3. The fourth-order valence-corrected chi connectivity index (χ4v) is 2.27. The molecule has 1 aliphatic heterocycles. The Balaban J connectivity index is 2.07. The number of nitrogens with one attached hydrogen (secondary N) is 1. The summed E-state index contributed by atoms with van der Waals surface area (Å²) < 4.78 is 0. The van der Waals surface area contributed by atoms with Gasteiger partial charge in [-0.05, 0) is 32.4 Å². The molecule has 1 saturated heterocycles. The third kappa shape index (κ3) is 3.18. The molecule has 7 heteroatoms. The van der Waals surface area contributed by atoms with Crippen molar-refractivity contribution in [3.63, 3.8) is 0 Å². The van der Waals surface area contributed by atoms with E-state index in [0.717, 1.165) is 0 Å². The van der Waals surface area contributed by atoms with Crippen molar-refractivity contribution in [3.8, 4) is 0 Å². The molecule has 1 aromatic heterocycles. The second-order valence-electron chi connectivity index (χ2n) is 5.18. The minimum atomic E-state index is -1.13. The molecule has 1 aromatic rings. The molecule has 2 N–H and O–H groups in total. The number of likely N-dealkylation sites (tertiary alicyclic amines) is 1. The highest BCUT2D eigenvalue weighted by atomic mass is 16.4. The predicted octanol–water partition coefficient (Wildman–Crippen LogP) is 0.519. The van der Waals surface area contributed by atoms with Crippen molar-refractivity contribution in [1.29, 1.82) is 0 Å². The number of nitrogens with zero attached hydrogens (tertiary/aromatic N) is 2. The summed E-state index contributed by atoms with van der Waals surface area (Å²) in [6, 6.07) is 2.01. The van der Waals surface area contributed by atoms with E-state index in [4.69, 9.17) is 5.11 Å². The molecule has 0 aliphatic carbocycles. The lowest BCUT2D eigenvalue weighted by Crippen LogP contribution is -2.43. The van der Waals surface area contributed by atoms with Gasteiger partial charge in [-0.3, -0.25) is 14.6 Å². The van der Waals surface area contributed by atoms with Crippen LogP contribution in [0.4, 0.5) is 0 Å². The van der Waals surface area contributed by atoms with Crippen LogP contribution in [0.25, 0.3) is 0 Å². The van der Waals surface area contributed by atoms with Gasteiger partial charge in [0.1, 0.15) is 11.7 Å². The van der Waals surface area contributed by atoms with Gasteiger partial charge in [0, 0.05) is 18.8 Å². The summed E-state index contributed by atoms with van der Waals surface area (Å²) in [6.45, 7) is 4.43. The molecule has 0 saturated carbocycles. The molecule has 0 bridgehead atoms. The average molecular weight is 291 g/mol. The summed E-state index contributed by atoms with van der Waals surface area (Å²) >= 11 is 0. The number of amides is 2. The van der Waals surface area contributed by atoms with Gasteiger partial charge in [-0.15, -0.1) is 0 Å². The molecule has 0 radical (unpaired) electrons. The van der Waals surface area contributed by atoms with Crippen LogP contribution < -0.4 is 5.32 Å². The topological polar surface area (TPSA) is 99.6 Å². The lowest BCUT2D eigenvalue weighted by molar-refractivity contribution is -0.130. The van der Waals surface area contributed by atoms with Crippen LogP contribution >= 0.6 is 0 Å². The summed E-state index contributed by atoms with van der Waals surface area (Å²) in [7, 11) is 0. The number of aromatic carboxylic acids is 1. The fraction of sp³-hybridized carbons (Fsp3) is 0.429. The van der Waals surface area contributed by atoms with Crippen LogP contribution in [0.15, 0.2) is 18.3 Å². The van der Waals surface area contributed by atoms with E-state index in [1.54, 1.807) is 4.90 Å². The average Bonchev–Trinajstić information content (AvgIpc) is 2.80. The first kappa shape index (κ1) is 15.0. The monoisotopic (exact) mass is 291 g/mol. The van der Waals surface area contributed by atoms with Crippen molar-refractivity contribution < 1.29 is 19.5 Å². The zero-order chi connectivity index (χ0) is 15.6. The summed E-state index contributed by atoms with van der Waals surface area (Å²) in [5.41, 5.74) is -0.0256. The molecular weight excluding hydrogens is 274 g/mol. The Hall–Kier alpha value is -2.44. The van der Waals surface area contributed by atoms with Crippen molar-refractivity contribution in [3.05, 3.63) is 29.6 Å². The molecule has 1 atom stereocenters. The lowest BCUT2D eigenvalue weighted by Gasteiger charge is -2.21. The number of pyridine rings is 1. The molecule has 2 amide bonds. The second-order valence-corrected chi connectivity index (χ2v) is 5.18. The Labute approximate surface area is 122 Å². The van der Waals surface area contributed by atoms with Crippen molar-refractivity contribution in [1.82, 2.24) is 15.2 Å². The molecule has 21 heavy (non-hydrogen) atoms. The fourth-order valence-electron chi connectivity index (χ4n) is 2.27. The van der Waals surface area contributed by atoms with Crippen molar-refractivity contribution in [2.75, 3.05) is 6.54 Å². The van der Waals surface area contributed by atoms with Crippen LogP contribution in [0.1, 0.15) is 41.1 Å². The van der Waals surface area contributed by atoms with Gasteiger partial charge in [-0.25, -0.2) is 4.79 Å². The van der Waals surface area contributed by atoms with Crippen LogP contribution in [0.5, 0.6) is 0 Å². The number of carboxylic acid groups (broad SMARTS) is 1. The first-order valence-electron chi connectivity index (χ1n) is 6.71. The van der Waals surface area contributed by atoms with Gasteiger partial charge in [0.15, 0.2) is 0 Å². The molecule has 0 spiro atoms. The van der Waals surface area contributed by atoms with Crippen LogP contribution in [-0.4, -0.2) is 51.4 Å². The normalized spacial score (nSPS) is 18.1. The molecule has 112 valence electrons. The highest BCUT2D eigenvalue weighted by Gasteiger charge is 2.34. The number of carbonyl (C=O) groups excluding carboxylic acids is 2. The summed E-state index contributed by atoms with van der Waals surface area (Å²) in [5.74, 6) is -1.79. The van der Waals surface area contributed by atoms with E-state index in [1.165, 1.54) is 18.3 Å². The summed E-state index contributed by atoms with van der Waals surface area (Å²) in [4.78, 5) is 40.6. The first-order chi connectivity index (χ1) is 9.90. The van der Waals surface area contributed by atoms with Crippen LogP contribution in [0.3, 0.4) is 0 Å². The maximum atomic E-state index is 12.1. The van der Waals surface area contributed by atoms with E-state index in [-0.39, 0.29) is 23.2 Å². The molecular formula is C14H17N3O4. The third-order valence-corrected chi connectivity index (χ3v) is 3.41. The van der Waals surface area contributed by atoms with E-state index in [1.807, 2.05) is 13.8 Å². The van der Waals surface area contributed by atoms with Crippen molar-refractivity contribution in [2.45, 2.75) is 32.4 Å². The molecule has 1 aliphatic rings. The van der Waals surface area contributed by atoms with Crippen molar-refractivity contribution in [2.24, 2.45) is 0 Å². The Morgan fingerprint density at radius 2 is 2.19 bits per heavy atom. The molecule has 1 unspecified atom stereocenters. The van der Waals surface area contributed by atoms with Crippen LogP contribution in [0, 0.1) is 0 Å². The molecule has 0 aromatic carbocycles. The Kier molecular flexibility index (Phi) is 4.21. The van der Waals surface area contributed by atoms with Gasteiger partial charge in [0.2, 0.25) is 5.91 Å². The number of carboxylic acids is 1. The van der Waals surface area contributed by atoms with Gasteiger partial charge in [0.25, 0.3) is 5.91 Å². The smallest absolute Gasteiger partial charge is 0.335 e. The van der Waals surface area contributed by atoms with Gasteiger partial charge in [-0.2, -0.15) is 0 Å². The van der Waals surface area contributed by atoms with E-state index in [2.05, 4.69) is 10.3 Å². The minimum absolute atomic E-state index is 0.00861. The standard InChI is InChI=1S/C14H17N3O4/c1-8(2)17-6-4-10(13(17)19)16-12(18)11-7-9(14(20)21)3-5-15-11/h3,5,7-8,10H,4,6H2,1-2H3,(H,16,18)(H,20,21). The zero-order valence-electron chi connectivity index (χ0n) is 11.9. The molecule has 1 fully saturated rings. The molecule has 2 heterocycles. The maximum absolute atomic E-state index is 12.1. The minimum Gasteiger partial charge on any atom is -0.478 e. The first-order valence-corrected chi connectivity index (χ1v) is 6.71. The second kappa shape index (κ2) is 5.90. The van der Waals surface area contributed by atoms with E-state index in [9.17, 15) is 14.4 Å². The zero-order valence-corrected chi connectivity index (χ0v) is 11.9. The lowest BCUT2D eigenvalue weighted by atomic mass is 10.2. The number of rotatable bonds is 4. The Morgan fingerprint density at radius 1 is 1.48 bits per heavy atom. The largest absolute Gasteiger partial charge is 0.478 e. The van der Waals surface area contributed by atoms with Crippen molar-refractivity contribution >= 4 is 17.8 Å². The highest BCUT2D eigenvalue weighted by Crippen LogP contribution is 2.15. The van der Waals surface area contributed by atoms with Gasteiger partial charge in [0.05, 0.1) is 5.56 Å². The van der Waals surface area contributed by atoms with E-state index in [0.29, 0.717) is 13.0 Å². The van der Waals surface area contributed by atoms with E-state index < -0.39 is 17.9 Å². The summed E-state index contributed by atoms with van der Waals surface area (Å²) in [5, 5.41) is 11.5. The third-order valence-electron chi connectivity index (χ3n) is 3.41. The van der Waals surface area contributed by atoms with Crippen LogP contribution in [0.2, 0.25) is 0 Å². The number of hydrogen-bond donors (Lipinski definition) is 2. The molecule has 7 nitrogen and oxygen atoms in total. The van der Waals surface area contributed by atoms with E-state index >= 15 is 0 Å². The van der Waals surface area contributed by atoms with Gasteiger partial charge >= 0.3 is 5.97 Å². The number of hydrogen-bond acceptors (Lipinski definition) is 4. The van der Waals surface area contributed by atoms with Gasteiger partial charge < -0.3 is 15.3 Å². The Bertz CT molecular complexity index is 585. The summed E-state index contributed by atoms with van der Waals surface area (Å²) in [6.07, 6.45) is 1.80.